The molecule has 0 spiro atoms. The van der Waals surface area contributed by atoms with E-state index in [9.17, 15) is 18.0 Å². The molecule has 64 valence electrons. The third-order valence-electron chi connectivity index (χ3n) is 1.42. The first-order valence-corrected chi connectivity index (χ1v) is 3.11. The lowest BCUT2D eigenvalue weighted by atomic mass is 10.2. The fraction of sp³-hybridized carbons (Fsp3) is 0.800. The fourth-order valence-corrected chi connectivity index (χ4v) is 0.857. The molecule has 0 saturated carbocycles. The number of hydrogen-bond donors (Lipinski definition) is 2. The minimum atomic E-state index is -4.32. The third kappa shape index (κ3) is 1.99. The third-order valence-corrected chi connectivity index (χ3v) is 1.42. The molecule has 0 aromatic carbocycles. The van der Waals surface area contributed by atoms with E-state index in [4.69, 9.17) is 0 Å². The van der Waals surface area contributed by atoms with Crippen LogP contribution in [-0.2, 0) is 0 Å². The van der Waals surface area contributed by atoms with Gasteiger partial charge in [0.1, 0.15) is 6.04 Å². The van der Waals surface area contributed by atoms with Crippen LogP contribution < -0.4 is 10.6 Å². The molecule has 11 heavy (non-hydrogen) atoms. The maximum atomic E-state index is 11.9. The van der Waals surface area contributed by atoms with Crippen LogP contribution in [0.5, 0.6) is 0 Å². The van der Waals surface area contributed by atoms with Gasteiger partial charge in [-0.05, 0) is 6.42 Å². The van der Waals surface area contributed by atoms with Gasteiger partial charge in [0.25, 0.3) is 0 Å². The molecule has 0 bridgehead atoms. The van der Waals surface area contributed by atoms with Crippen LogP contribution in [0, 0.1) is 0 Å². The Kier molecular flexibility index (Phi) is 1.92. The summed E-state index contributed by atoms with van der Waals surface area (Å²) in [7, 11) is 0. The van der Waals surface area contributed by atoms with Gasteiger partial charge in [0.15, 0.2) is 0 Å². The summed E-state index contributed by atoms with van der Waals surface area (Å²) >= 11 is 0. The normalized spacial score (nSPS) is 25.7. The van der Waals surface area contributed by atoms with Gasteiger partial charge in [-0.2, -0.15) is 13.2 Å². The zero-order valence-corrected chi connectivity index (χ0v) is 5.53. The van der Waals surface area contributed by atoms with Gasteiger partial charge < -0.3 is 10.6 Å². The number of nitrogens with one attached hydrogen (secondary N) is 2. The van der Waals surface area contributed by atoms with Crippen LogP contribution in [-0.4, -0.2) is 24.8 Å². The van der Waals surface area contributed by atoms with Gasteiger partial charge in [0.2, 0.25) is 0 Å². The first kappa shape index (κ1) is 8.16. The summed E-state index contributed by atoms with van der Waals surface area (Å²) in [4.78, 5) is 10.4. The van der Waals surface area contributed by atoms with Gasteiger partial charge in [-0.3, -0.25) is 0 Å². The SMILES string of the molecule is O=C1NCC[C@@H](C(F)(F)F)N1. The van der Waals surface area contributed by atoms with E-state index in [0.717, 1.165) is 0 Å². The Bertz CT molecular complexity index is 168. The maximum Gasteiger partial charge on any atom is 0.408 e. The second-order valence-electron chi connectivity index (χ2n) is 2.28. The smallest absolute Gasteiger partial charge is 0.338 e. The molecule has 1 heterocycles. The molecule has 3 nitrogen and oxygen atoms in total. The number of carbonyl (C=O) groups excluding carboxylic acids is 1. The number of urea groups is 1. The Morgan fingerprint density at radius 1 is 1.45 bits per heavy atom. The highest BCUT2D eigenvalue weighted by atomic mass is 19.4. The summed E-state index contributed by atoms with van der Waals surface area (Å²) < 4.78 is 35.6. The standard InChI is InChI=1S/C5H7F3N2O/c6-5(7,8)3-1-2-9-4(11)10-3/h3H,1-2H2,(H2,9,10,11)/t3-/m0/s1. The van der Waals surface area contributed by atoms with Crippen LogP contribution in [0.3, 0.4) is 0 Å². The van der Waals surface area contributed by atoms with E-state index in [0.29, 0.717) is 0 Å². The van der Waals surface area contributed by atoms with Crippen molar-refractivity contribution in [2.75, 3.05) is 6.54 Å². The molecule has 1 fully saturated rings. The number of halogens is 3. The number of amides is 2. The van der Waals surface area contributed by atoms with Crippen molar-refractivity contribution in [3.05, 3.63) is 0 Å². The van der Waals surface area contributed by atoms with E-state index in [1.54, 1.807) is 5.32 Å². The van der Waals surface area contributed by atoms with Crippen molar-refractivity contribution in [3.8, 4) is 0 Å². The van der Waals surface area contributed by atoms with Crippen LogP contribution in [0.2, 0.25) is 0 Å². The van der Waals surface area contributed by atoms with Crippen LogP contribution in [0.4, 0.5) is 18.0 Å². The Labute approximate surface area is 61.0 Å². The molecular formula is C5H7F3N2O. The summed E-state index contributed by atoms with van der Waals surface area (Å²) in [6.45, 7) is 0.0794. The molecule has 1 rings (SSSR count). The highest BCUT2D eigenvalue weighted by molar-refractivity contribution is 5.75. The van der Waals surface area contributed by atoms with Gasteiger partial charge in [0.05, 0.1) is 0 Å². The zero-order valence-electron chi connectivity index (χ0n) is 5.53. The molecule has 6 heteroatoms. The largest absolute Gasteiger partial charge is 0.408 e. The predicted molar refractivity (Wildman–Crippen MR) is 31.0 cm³/mol. The second kappa shape index (κ2) is 2.60. The molecule has 2 amide bonds. The van der Waals surface area contributed by atoms with Gasteiger partial charge in [0, 0.05) is 6.54 Å². The Balaban J connectivity index is 2.53. The molecule has 2 N–H and O–H groups in total. The summed E-state index contributed by atoms with van der Waals surface area (Å²) in [5.41, 5.74) is 0. The average Bonchev–Trinajstić information content (AvgIpc) is 1.86. The van der Waals surface area contributed by atoms with E-state index in [1.165, 1.54) is 0 Å². The van der Waals surface area contributed by atoms with Crippen molar-refractivity contribution in [1.82, 2.24) is 10.6 Å². The highest BCUT2D eigenvalue weighted by Gasteiger charge is 2.41. The van der Waals surface area contributed by atoms with Crippen molar-refractivity contribution in [2.45, 2.75) is 18.6 Å². The lowest BCUT2D eigenvalue weighted by Gasteiger charge is -2.25. The highest BCUT2D eigenvalue weighted by Crippen LogP contribution is 2.22. The number of carbonyl (C=O) groups is 1. The van der Waals surface area contributed by atoms with E-state index >= 15 is 0 Å². The van der Waals surface area contributed by atoms with E-state index < -0.39 is 18.2 Å². The Morgan fingerprint density at radius 3 is 2.45 bits per heavy atom. The first-order valence-electron chi connectivity index (χ1n) is 3.11. The van der Waals surface area contributed by atoms with Crippen molar-refractivity contribution in [2.24, 2.45) is 0 Å². The van der Waals surface area contributed by atoms with Gasteiger partial charge in [-0.15, -0.1) is 0 Å². The maximum absolute atomic E-state index is 11.9. The first-order chi connectivity index (χ1) is 5.00. The summed E-state index contributed by atoms with van der Waals surface area (Å²) in [5.74, 6) is 0. The number of hydrogen-bond acceptors (Lipinski definition) is 1. The fourth-order valence-electron chi connectivity index (χ4n) is 0.857. The molecule has 1 atom stereocenters. The monoisotopic (exact) mass is 168 g/mol. The lowest BCUT2D eigenvalue weighted by molar-refractivity contribution is -0.155. The minimum Gasteiger partial charge on any atom is -0.338 e. The van der Waals surface area contributed by atoms with Crippen molar-refractivity contribution >= 4 is 6.03 Å². The minimum absolute atomic E-state index is 0.0794. The molecule has 0 aliphatic carbocycles. The van der Waals surface area contributed by atoms with Crippen LogP contribution in [0.1, 0.15) is 6.42 Å². The lowest BCUT2D eigenvalue weighted by Crippen LogP contribution is -2.55. The van der Waals surface area contributed by atoms with E-state index in [-0.39, 0.29) is 13.0 Å². The van der Waals surface area contributed by atoms with Gasteiger partial charge >= 0.3 is 12.2 Å². The second-order valence-corrected chi connectivity index (χ2v) is 2.28. The van der Waals surface area contributed by atoms with E-state index in [1.807, 2.05) is 0 Å². The molecule has 0 aromatic heterocycles. The summed E-state index contributed by atoms with van der Waals surface area (Å²) in [6, 6.07) is -2.44. The Hall–Kier alpha value is -0.940. The Morgan fingerprint density at radius 2 is 2.09 bits per heavy atom. The zero-order chi connectivity index (χ0) is 8.48. The molecule has 0 aromatic rings. The van der Waals surface area contributed by atoms with Crippen LogP contribution in [0.15, 0.2) is 0 Å². The predicted octanol–water partition coefficient (Wildman–Crippen LogP) is 0.620. The summed E-state index contributed by atoms with van der Waals surface area (Å²) in [5, 5.41) is 4.02. The van der Waals surface area contributed by atoms with Crippen molar-refractivity contribution in [1.29, 1.82) is 0 Å². The quantitative estimate of drug-likeness (QED) is 0.547. The molecule has 1 aliphatic heterocycles. The molecule has 0 unspecified atom stereocenters. The van der Waals surface area contributed by atoms with Crippen molar-refractivity contribution < 1.29 is 18.0 Å². The van der Waals surface area contributed by atoms with Gasteiger partial charge in [-0.1, -0.05) is 0 Å². The van der Waals surface area contributed by atoms with Crippen LogP contribution >= 0.6 is 0 Å². The molecule has 1 saturated heterocycles. The van der Waals surface area contributed by atoms with Gasteiger partial charge in [-0.25, -0.2) is 4.79 Å². The summed E-state index contributed by atoms with van der Waals surface area (Å²) in [6.07, 6.45) is -4.42. The van der Waals surface area contributed by atoms with Crippen molar-refractivity contribution in [3.63, 3.8) is 0 Å². The molecular weight excluding hydrogens is 161 g/mol. The molecule has 1 aliphatic rings. The number of alkyl halides is 3. The number of rotatable bonds is 0. The topological polar surface area (TPSA) is 41.1 Å². The average molecular weight is 168 g/mol. The van der Waals surface area contributed by atoms with Crippen LogP contribution in [0.25, 0.3) is 0 Å². The van der Waals surface area contributed by atoms with E-state index in [2.05, 4.69) is 5.32 Å². The molecule has 0 radical (unpaired) electrons.